The summed E-state index contributed by atoms with van der Waals surface area (Å²) >= 11 is 0. The van der Waals surface area contributed by atoms with Gasteiger partial charge >= 0.3 is 0 Å². The summed E-state index contributed by atoms with van der Waals surface area (Å²) in [5, 5.41) is 29.8. The number of alkyl halides is 2. The van der Waals surface area contributed by atoms with E-state index in [0.717, 1.165) is 31.6 Å². The molecule has 0 atom stereocenters. The maximum Gasteiger partial charge on any atom is 0.295 e. The largest absolute Gasteiger partial charge is 0.395 e. The summed E-state index contributed by atoms with van der Waals surface area (Å²) in [6, 6.07) is 8.40. The van der Waals surface area contributed by atoms with Crippen molar-refractivity contribution in [3.8, 4) is 16.9 Å². The molecule has 1 aromatic heterocycles. The van der Waals surface area contributed by atoms with E-state index >= 15 is 0 Å². The van der Waals surface area contributed by atoms with Crippen LogP contribution in [0, 0.1) is 22.5 Å². The van der Waals surface area contributed by atoms with Crippen LogP contribution in [0.15, 0.2) is 36.5 Å². The number of sulfonamides is 1. The van der Waals surface area contributed by atoms with Gasteiger partial charge in [0.2, 0.25) is 10.0 Å². The zero-order chi connectivity index (χ0) is 31.3. The number of aryl methyl sites for hydroxylation is 1. The van der Waals surface area contributed by atoms with Crippen molar-refractivity contribution in [2.75, 3.05) is 53.1 Å². The van der Waals surface area contributed by atoms with E-state index in [1.54, 1.807) is 53.0 Å². The number of nitro benzene ring substituents is 1. The Labute approximate surface area is 253 Å². The molecule has 6 rings (SSSR count). The van der Waals surface area contributed by atoms with E-state index in [9.17, 15) is 27.3 Å². The van der Waals surface area contributed by atoms with Crippen molar-refractivity contribution in [2.24, 2.45) is 5.41 Å². The number of halogens is 2. The van der Waals surface area contributed by atoms with Crippen LogP contribution < -0.4 is 14.5 Å². The van der Waals surface area contributed by atoms with Gasteiger partial charge in [-0.05, 0) is 68.4 Å². The number of aliphatic hydroxyl groups is 1. The van der Waals surface area contributed by atoms with Crippen molar-refractivity contribution in [3.05, 3.63) is 52.2 Å². The summed E-state index contributed by atoms with van der Waals surface area (Å²) in [5.41, 5.74) is 3.80. The number of hydrogen-bond donors (Lipinski definition) is 2. The molecule has 1 aliphatic carbocycles. The monoisotopic (exact) mass is 631 g/mol. The Bertz CT molecular complexity index is 1670. The number of nitrogens with zero attached hydrogens (tertiary/aromatic N) is 6. The Morgan fingerprint density at radius 3 is 2.27 bits per heavy atom. The fourth-order valence-corrected chi connectivity index (χ4v) is 7.09. The van der Waals surface area contributed by atoms with Gasteiger partial charge in [0.1, 0.15) is 11.4 Å². The predicted octanol–water partition coefficient (Wildman–Crippen LogP) is 4.50. The second-order valence-corrected chi connectivity index (χ2v) is 14.0. The van der Waals surface area contributed by atoms with Gasteiger partial charge in [0.05, 0.1) is 40.5 Å². The maximum absolute atomic E-state index is 13.9. The lowest BCUT2D eigenvalue weighted by atomic mass is 9.93. The Morgan fingerprint density at radius 2 is 1.64 bits per heavy atom. The van der Waals surface area contributed by atoms with Crippen LogP contribution in [-0.4, -0.2) is 77.9 Å². The molecule has 44 heavy (non-hydrogen) atoms. The average Bonchev–Trinajstić information content (AvgIpc) is 3.52. The SMILES string of the molecule is Cc1cc(-c2cn(-c3ccc(NS(=O)(=O)CCO)cc3N3CCC4(CC3)CC4)nn2)cc(N2CCC(F)(F)CC2)c1[N+](=O)[O-]. The van der Waals surface area contributed by atoms with Gasteiger partial charge in [-0.15, -0.1) is 5.10 Å². The molecule has 0 amide bonds. The quantitative estimate of drug-likeness (QED) is 0.257. The standard InChI is InChI=1S/C29H35F2N7O5S/c1-20-16-21(17-26(27(20)38(40)41)36-12-8-29(30,31)9-13-36)23-19-37(34-32-23)24-3-2-22(33-44(42,43)15-14-39)18-25(24)35-10-6-28(4-5-28)7-11-35/h2-3,16-19,33,39H,4-15H2,1H3. The van der Waals surface area contributed by atoms with Crippen molar-refractivity contribution < 1.29 is 27.2 Å². The summed E-state index contributed by atoms with van der Waals surface area (Å²) in [6.45, 7) is 2.73. The van der Waals surface area contributed by atoms with Crippen molar-refractivity contribution >= 4 is 32.8 Å². The first-order chi connectivity index (χ1) is 20.9. The van der Waals surface area contributed by atoms with Gasteiger partial charge in [0.15, 0.2) is 0 Å². The third-order valence-corrected chi connectivity index (χ3v) is 10.3. The fourth-order valence-electron chi connectivity index (χ4n) is 6.26. The Morgan fingerprint density at radius 1 is 0.977 bits per heavy atom. The molecule has 0 unspecified atom stereocenters. The van der Waals surface area contributed by atoms with E-state index in [1.165, 1.54) is 12.8 Å². The third kappa shape index (κ3) is 6.20. The first kappa shape index (κ1) is 30.2. The van der Waals surface area contributed by atoms with Crippen LogP contribution in [0.5, 0.6) is 0 Å². The van der Waals surface area contributed by atoms with E-state index in [4.69, 9.17) is 5.11 Å². The molecule has 2 aliphatic heterocycles. The zero-order valence-electron chi connectivity index (χ0n) is 24.4. The summed E-state index contributed by atoms with van der Waals surface area (Å²) in [6.07, 6.45) is 5.50. The second kappa shape index (κ2) is 11.3. The molecule has 236 valence electrons. The Hall–Kier alpha value is -3.85. The normalized spacial score (nSPS) is 19.3. The van der Waals surface area contributed by atoms with Crippen LogP contribution in [0.3, 0.4) is 0 Å². The zero-order valence-corrected chi connectivity index (χ0v) is 25.2. The number of hydrogen-bond acceptors (Lipinski definition) is 9. The summed E-state index contributed by atoms with van der Waals surface area (Å²) < 4.78 is 56.6. The van der Waals surface area contributed by atoms with E-state index in [1.807, 2.05) is 0 Å². The van der Waals surface area contributed by atoms with Crippen LogP contribution in [0.2, 0.25) is 0 Å². The smallest absolute Gasteiger partial charge is 0.295 e. The highest BCUT2D eigenvalue weighted by Gasteiger charge is 2.44. The molecule has 12 nitrogen and oxygen atoms in total. The molecule has 0 bridgehead atoms. The summed E-state index contributed by atoms with van der Waals surface area (Å²) in [4.78, 5) is 15.3. The lowest BCUT2D eigenvalue weighted by Crippen LogP contribution is -2.39. The number of aromatic nitrogens is 3. The minimum atomic E-state index is -3.73. The Balaban J connectivity index is 1.35. The number of anilines is 3. The van der Waals surface area contributed by atoms with Gasteiger partial charge in [-0.25, -0.2) is 21.9 Å². The van der Waals surface area contributed by atoms with Gasteiger partial charge in [0.25, 0.3) is 11.6 Å². The van der Waals surface area contributed by atoms with E-state index in [2.05, 4.69) is 19.9 Å². The molecular formula is C29H35F2N7O5S. The van der Waals surface area contributed by atoms with Crippen LogP contribution in [0.4, 0.5) is 31.5 Å². The minimum Gasteiger partial charge on any atom is -0.395 e. The lowest BCUT2D eigenvalue weighted by Gasteiger charge is -2.35. The fraction of sp³-hybridized carbons (Fsp3) is 0.517. The first-order valence-corrected chi connectivity index (χ1v) is 16.4. The molecule has 3 fully saturated rings. The first-order valence-electron chi connectivity index (χ1n) is 14.7. The molecule has 1 saturated carbocycles. The van der Waals surface area contributed by atoms with Crippen LogP contribution in [0.1, 0.15) is 44.1 Å². The number of aliphatic hydroxyl groups excluding tert-OH is 1. The molecule has 1 spiro atoms. The number of rotatable bonds is 9. The molecule has 2 saturated heterocycles. The van der Waals surface area contributed by atoms with Gasteiger partial charge in [-0.1, -0.05) is 5.21 Å². The molecule has 3 aliphatic rings. The highest BCUT2D eigenvalue weighted by Crippen LogP contribution is 2.54. The highest BCUT2D eigenvalue weighted by molar-refractivity contribution is 7.92. The number of piperidine rings is 2. The molecule has 2 aromatic carbocycles. The average molecular weight is 632 g/mol. The van der Waals surface area contributed by atoms with Crippen molar-refractivity contribution in [3.63, 3.8) is 0 Å². The van der Waals surface area contributed by atoms with Crippen LogP contribution in [-0.2, 0) is 10.0 Å². The number of nitro groups is 1. The molecular weight excluding hydrogens is 596 g/mol. The van der Waals surface area contributed by atoms with Gasteiger partial charge in [0, 0.05) is 50.1 Å². The van der Waals surface area contributed by atoms with Gasteiger partial charge in [-0.3, -0.25) is 14.8 Å². The molecule has 15 heteroatoms. The molecule has 2 N–H and O–H groups in total. The highest BCUT2D eigenvalue weighted by atomic mass is 32.2. The minimum absolute atomic E-state index is 0.00167. The van der Waals surface area contributed by atoms with Crippen LogP contribution in [0.25, 0.3) is 16.9 Å². The van der Waals surface area contributed by atoms with Gasteiger partial charge in [-0.2, -0.15) is 0 Å². The predicted molar refractivity (Wildman–Crippen MR) is 162 cm³/mol. The summed E-state index contributed by atoms with van der Waals surface area (Å²) in [5.74, 6) is -3.21. The van der Waals surface area contributed by atoms with E-state index < -0.39 is 33.2 Å². The lowest BCUT2D eigenvalue weighted by molar-refractivity contribution is -0.384. The van der Waals surface area contributed by atoms with Crippen molar-refractivity contribution in [1.29, 1.82) is 0 Å². The van der Waals surface area contributed by atoms with Crippen molar-refractivity contribution in [1.82, 2.24) is 15.0 Å². The van der Waals surface area contributed by atoms with Gasteiger partial charge < -0.3 is 14.9 Å². The third-order valence-electron chi connectivity index (χ3n) is 9.07. The Kier molecular flexibility index (Phi) is 7.72. The summed E-state index contributed by atoms with van der Waals surface area (Å²) in [7, 11) is -3.73. The van der Waals surface area contributed by atoms with Crippen molar-refractivity contribution in [2.45, 2.75) is 51.4 Å². The van der Waals surface area contributed by atoms with E-state index in [0.29, 0.717) is 33.6 Å². The van der Waals surface area contributed by atoms with Crippen LogP contribution >= 0.6 is 0 Å². The van der Waals surface area contributed by atoms with E-state index in [-0.39, 0.29) is 37.3 Å². The topological polar surface area (TPSA) is 147 Å². The molecule has 0 radical (unpaired) electrons. The second-order valence-electron chi connectivity index (χ2n) is 12.1. The maximum atomic E-state index is 13.9. The molecule has 3 heterocycles. The molecule has 3 aromatic rings. The number of benzene rings is 2. The number of nitrogens with one attached hydrogen (secondary N) is 1.